The minimum atomic E-state index is -3.57. The maximum atomic E-state index is 12.2. The van der Waals surface area contributed by atoms with Crippen LogP contribution in [0.4, 0.5) is 5.69 Å². The Morgan fingerprint density at radius 2 is 1.96 bits per heavy atom. The first-order valence-corrected chi connectivity index (χ1v) is 10.2. The van der Waals surface area contributed by atoms with Crippen LogP contribution in [0.25, 0.3) is 0 Å². The molecule has 0 unspecified atom stereocenters. The van der Waals surface area contributed by atoms with Crippen molar-refractivity contribution in [2.75, 3.05) is 32.2 Å². The van der Waals surface area contributed by atoms with E-state index in [4.69, 9.17) is 9.47 Å². The van der Waals surface area contributed by atoms with Gasteiger partial charge < -0.3 is 14.8 Å². The highest BCUT2D eigenvalue weighted by atomic mass is 32.2. The molecule has 0 bridgehead atoms. The van der Waals surface area contributed by atoms with E-state index in [1.165, 1.54) is 6.07 Å². The summed E-state index contributed by atoms with van der Waals surface area (Å²) in [6.45, 7) is 1.05. The maximum Gasteiger partial charge on any atom is 0.263 e. The summed E-state index contributed by atoms with van der Waals surface area (Å²) in [6.07, 6.45) is 0.113. The van der Waals surface area contributed by atoms with E-state index in [1.54, 1.807) is 49.6 Å². The lowest BCUT2D eigenvalue weighted by molar-refractivity contribution is -0.116. The number of rotatable bonds is 8. The first kappa shape index (κ1) is 19.8. The Morgan fingerprint density at radius 3 is 2.79 bits per heavy atom. The molecule has 8 nitrogen and oxygen atoms in total. The summed E-state index contributed by atoms with van der Waals surface area (Å²) >= 11 is 0. The maximum absolute atomic E-state index is 12.2. The molecule has 0 spiro atoms. The van der Waals surface area contributed by atoms with Gasteiger partial charge in [-0.05, 0) is 24.3 Å². The van der Waals surface area contributed by atoms with Crippen molar-refractivity contribution in [3.8, 4) is 5.75 Å². The van der Waals surface area contributed by atoms with Crippen LogP contribution in [0, 0.1) is 0 Å². The lowest BCUT2D eigenvalue weighted by atomic mass is 10.2. The van der Waals surface area contributed by atoms with Crippen molar-refractivity contribution >= 4 is 27.5 Å². The van der Waals surface area contributed by atoms with Crippen molar-refractivity contribution in [2.24, 2.45) is 4.99 Å². The molecule has 1 amide bonds. The quantitative estimate of drug-likeness (QED) is 0.654. The third-order valence-electron chi connectivity index (χ3n) is 3.95. The Kier molecular flexibility index (Phi) is 6.27. The van der Waals surface area contributed by atoms with Crippen LogP contribution in [0.15, 0.2) is 58.4 Å². The second-order valence-corrected chi connectivity index (χ2v) is 7.65. The number of amidine groups is 1. The molecule has 2 aromatic rings. The highest BCUT2D eigenvalue weighted by Crippen LogP contribution is 2.22. The van der Waals surface area contributed by atoms with Gasteiger partial charge in [0.15, 0.2) is 0 Å². The van der Waals surface area contributed by atoms with Gasteiger partial charge in [-0.3, -0.25) is 14.5 Å². The molecule has 1 heterocycles. The van der Waals surface area contributed by atoms with Crippen LogP contribution in [0.1, 0.15) is 12.0 Å². The molecule has 0 fully saturated rings. The van der Waals surface area contributed by atoms with Gasteiger partial charge in [0, 0.05) is 30.8 Å². The van der Waals surface area contributed by atoms with E-state index in [1.807, 2.05) is 0 Å². The molecule has 1 aliphatic heterocycles. The van der Waals surface area contributed by atoms with E-state index in [0.29, 0.717) is 30.2 Å². The molecule has 3 rings (SSSR count). The summed E-state index contributed by atoms with van der Waals surface area (Å²) in [5.74, 6) is 0.663. The van der Waals surface area contributed by atoms with Gasteiger partial charge in [0.2, 0.25) is 5.91 Å². The number of ether oxygens (including phenoxy) is 2. The van der Waals surface area contributed by atoms with E-state index in [-0.39, 0.29) is 29.6 Å². The SMILES string of the molecule is COCCOc1cccc(NC(=O)CCN=C2NS(=O)(=O)c3ccccc32)c1. The van der Waals surface area contributed by atoms with E-state index >= 15 is 0 Å². The molecule has 0 saturated carbocycles. The molecule has 2 N–H and O–H groups in total. The van der Waals surface area contributed by atoms with Crippen LogP contribution in [0.5, 0.6) is 5.75 Å². The van der Waals surface area contributed by atoms with Gasteiger partial charge in [0.05, 0.1) is 18.0 Å². The normalized spacial score (nSPS) is 15.7. The van der Waals surface area contributed by atoms with Crippen molar-refractivity contribution in [1.82, 2.24) is 4.72 Å². The van der Waals surface area contributed by atoms with Gasteiger partial charge in [-0.2, -0.15) is 0 Å². The number of carbonyl (C=O) groups excluding carboxylic acids is 1. The van der Waals surface area contributed by atoms with Gasteiger partial charge in [0.25, 0.3) is 10.0 Å². The zero-order valence-corrected chi connectivity index (χ0v) is 16.2. The van der Waals surface area contributed by atoms with E-state index < -0.39 is 10.0 Å². The fraction of sp³-hybridized carbons (Fsp3) is 0.263. The predicted molar refractivity (Wildman–Crippen MR) is 105 cm³/mol. The van der Waals surface area contributed by atoms with Gasteiger partial charge in [-0.15, -0.1) is 0 Å². The van der Waals surface area contributed by atoms with Crippen molar-refractivity contribution in [1.29, 1.82) is 0 Å². The molecule has 2 aromatic carbocycles. The molecule has 0 atom stereocenters. The van der Waals surface area contributed by atoms with E-state index in [2.05, 4.69) is 15.0 Å². The molecule has 0 saturated heterocycles. The van der Waals surface area contributed by atoms with Crippen LogP contribution in [0.2, 0.25) is 0 Å². The monoisotopic (exact) mass is 403 g/mol. The zero-order valence-electron chi connectivity index (χ0n) is 15.3. The Morgan fingerprint density at radius 1 is 1.14 bits per heavy atom. The molecule has 1 aliphatic rings. The Bertz CT molecular complexity index is 989. The number of anilines is 1. The van der Waals surface area contributed by atoms with Crippen LogP contribution < -0.4 is 14.8 Å². The summed E-state index contributed by atoms with van der Waals surface area (Å²) in [5.41, 5.74) is 1.13. The van der Waals surface area contributed by atoms with E-state index in [0.717, 1.165) is 0 Å². The second-order valence-electron chi connectivity index (χ2n) is 6.00. The average molecular weight is 403 g/mol. The Balaban J connectivity index is 1.56. The summed E-state index contributed by atoms with van der Waals surface area (Å²) in [7, 11) is -1.98. The summed E-state index contributed by atoms with van der Waals surface area (Å²) in [5, 5.41) is 2.78. The van der Waals surface area contributed by atoms with Gasteiger partial charge >= 0.3 is 0 Å². The van der Waals surface area contributed by atoms with E-state index in [9.17, 15) is 13.2 Å². The topological polar surface area (TPSA) is 106 Å². The number of fused-ring (bicyclic) bond motifs is 1. The summed E-state index contributed by atoms with van der Waals surface area (Å²) in [6, 6.07) is 13.7. The minimum Gasteiger partial charge on any atom is -0.491 e. The molecule has 9 heteroatoms. The smallest absolute Gasteiger partial charge is 0.263 e. The fourth-order valence-electron chi connectivity index (χ4n) is 2.65. The van der Waals surface area contributed by atoms with Crippen LogP contribution in [-0.2, 0) is 19.6 Å². The van der Waals surface area contributed by atoms with Crippen molar-refractivity contribution < 1.29 is 22.7 Å². The number of methoxy groups -OCH3 is 1. The van der Waals surface area contributed by atoms with Crippen molar-refractivity contribution in [2.45, 2.75) is 11.3 Å². The number of carbonyl (C=O) groups is 1. The number of benzene rings is 2. The molecule has 0 aromatic heterocycles. The summed E-state index contributed by atoms with van der Waals surface area (Å²) in [4.78, 5) is 16.6. The molecule has 28 heavy (non-hydrogen) atoms. The van der Waals surface area contributed by atoms with Crippen LogP contribution in [-0.4, -0.2) is 47.0 Å². The third kappa shape index (κ3) is 4.87. The van der Waals surface area contributed by atoms with Gasteiger partial charge in [-0.25, -0.2) is 8.42 Å². The highest BCUT2D eigenvalue weighted by Gasteiger charge is 2.29. The molecule has 0 aliphatic carbocycles. The number of aliphatic imine (C=N–C) groups is 1. The Labute approximate surface area is 163 Å². The average Bonchev–Trinajstić information content (AvgIpc) is 2.93. The van der Waals surface area contributed by atoms with Crippen LogP contribution >= 0.6 is 0 Å². The number of nitrogens with zero attached hydrogens (tertiary/aromatic N) is 1. The third-order valence-corrected chi connectivity index (χ3v) is 5.34. The fourth-order valence-corrected chi connectivity index (χ4v) is 3.90. The van der Waals surface area contributed by atoms with Crippen molar-refractivity contribution in [3.05, 3.63) is 54.1 Å². The molecule has 148 valence electrons. The number of amides is 1. The highest BCUT2D eigenvalue weighted by molar-refractivity contribution is 7.90. The van der Waals surface area contributed by atoms with Gasteiger partial charge in [0.1, 0.15) is 18.2 Å². The standard InChI is InChI=1S/C19H21N3O5S/c1-26-11-12-27-15-6-4-5-14(13-15)21-18(23)9-10-20-19-16-7-2-3-8-17(16)28(24,25)22-19/h2-8,13H,9-12H2,1H3,(H,20,22)(H,21,23). The number of sulfonamides is 1. The van der Waals surface area contributed by atoms with Crippen LogP contribution in [0.3, 0.4) is 0 Å². The number of hydrogen-bond donors (Lipinski definition) is 2. The largest absolute Gasteiger partial charge is 0.491 e. The minimum absolute atomic E-state index is 0.113. The number of nitrogens with one attached hydrogen (secondary N) is 2. The Hall–Kier alpha value is -2.91. The van der Waals surface area contributed by atoms with Gasteiger partial charge in [-0.1, -0.05) is 18.2 Å². The summed E-state index contributed by atoms with van der Waals surface area (Å²) < 4.78 is 36.9. The van der Waals surface area contributed by atoms with Crippen molar-refractivity contribution in [3.63, 3.8) is 0 Å². The lowest BCUT2D eigenvalue weighted by Gasteiger charge is -2.08. The first-order chi connectivity index (χ1) is 13.5. The predicted octanol–water partition coefficient (Wildman–Crippen LogP) is 1.78. The molecular formula is C19H21N3O5S. The lowest BCUT2D eigenvalue weighted by Crippen LogP contribution is -2.23. The second kappa shape index (κ2) is 8.85. The first-order valence-electron chi connectivity index (χ1n) is 8.68. The zero-order chi connectivity index (χ0) is 20.0. The molecule has 0 radical (unpaired) electrons. The number of hydrogen-bond acceptors (Lipinski definition) is 6. The molecular weight excluding hydrogens is 382 g/mol.